The summed E-state index contributed by atoms with van der Waals surface area (Å²) in [7, 11) is 0. The van der Waals surface area contributed by atoms with Gasteiger partial charge in [0.25, 0.3) is 5.91 Å². The summed E-state index contributed by atoms with van der Waals surface area (Å²) in [5, 5.41) is 15.5. The number of nitrogens with zero attached hydrogens (tertiary/aromatic N) is 3. The van der Waals surface area contributed by atoms with Crippen LogP contribution in [0.2, 0.25) is 0 Å². The zero-order valence-electron chi connectivity index (χ0n) is 14.1. The Hall–Kier alpha value is -3.66. The molecule has 0 fully saturated rings. The van der Waals surface area contributed by atoms with Crippen LogP contribution in [0.1, 0.15) is 34.6 Å². The van der Waals surface area contributed by atoms with Crippen LogP contribution in [-0.2, 0) is 13.0 Å². The molecule has 0 saturated carbocycles. The number of benzene rings is 2. The third-order valence-electron chi connectivity index (χ3n) is 3.55. The van der Waals surface area contributed by atoms with Crippen LogP contribution in [0.15, 0.2) is 53.1 Å². The van der Waals surface area contributed by atoms with Crippen molar-refractivity contribution in [1.82, 2.24) is 10.1 Å². The molecule has 0 aliphatic carbocycles. The zero-order valence-corrected chi connectivity index (χ0v) is 14.1. The fraction of sp³-hybridized carbons (Fsp3) is 0.158. The maximum Gasteiger partial charge on any atom is 0.255 e. The van der Waals surface area contributed by atoms with Crippen LogP contribution in [-0.4, -0.2) is 16.0 Å². The second-order valence-corrected chi connectivity index (χ2v) is 5.42. The Bertz CT molecular complexity index is 942. The van der Waals surface area contributed by atoms with E-state index in [4.69, 9.17) is 14.5 Å². The summed E-state index contributed by atoms with van der Waals surface area (Å²) >= 11 is 0. The van der Waals surface area contributed by atoms with Crippen LogP contribution >= 0.6 is 0 Å². The highest BCUT2D eigenvalue weighted by Crippen LogP contribution is 2.16. The molecular weight excluding hydrogens is 332 g/mol. The number of nitriles is 1. The highest BCUT2D eigenvalue weighted by atomic mass is 16.5. The highest BCUT2D eigenvalue weighted by Gasteiger charge is 2.08. The minimum Gasteiger partial charge on any atom is -0.485 e. The van der Waals surface area contributed by atoms with Gasteiger partial charge in [0.15, 0.2) is 6.61 Å². The third-order valence-corrected chi connectivity index (χ3v) is 3.55. The smallest absolute Gasteiger partial charge is 0.255 e. The molecule has 7 heteroatoms. The molecule has 0 saturated heterocycles. The Kier molecular flexibility index (Phi) is 5.25. The Morgan fingerprint density at radius 1 is 1.27 bits per heavy atom. The lowest BCUT2D eigenvalue weighted by molar-refractivity contribution is 0.102. The van der Waals surface area contributed by atoms with Gasteiger partial charge in [0.2, 0.25) is 11.7 Å². The lowest BCUT2D eigenvalue weighted by atomic mass is 10.2. The van der Waals surface area contributed by atoms with Crippen LogP contribution in [0.3, 0.4) is 0 Å². The van der Waals surface area contributed by atoms with Gasteiger partial charge in [-0.2, -0.15) is 10.2 Å². The standard InChI is InChI=1S/C19H16N4O3/c1-2-18-22-17(23-26-18)12-25-16-8-6-14(7-9-16)19(24)21-15-5-3-4-13(10-15)11-20/h3-10H,2,12H2,1H3,(H,21,24). The SMILES string of the molecule is CCc1nc(COc2ccc(C(=O)Nc3cccc(C#N)c3)cc2)no1. The number of anilines is 1. The molecular formula is C19H16N4O3. The average Bonchev–Trinajstić information content (AvgIpc) is 3.15. The van der Waals surface area contributed by atoms with Crippen molar-refractivity contribution in [3.63, 3.8) is 0 Å². The number of aryl methyl sites for hydroxylation is 1. The lowest BCUT2D eigenvalue weighted by Crippen LogP contribution is -2.11. The van der Waals surface area contributed by atoms with E-state index in [-0.39, 0.29) is 12.5 Å². The Morgan fingerprint density at radius 3 is 2.77 bits per heavy atom. The normalized spacial score (nSPS) is 10.2. The van der Waals surface area contributed by atoms with E-state index in [9.17, 15) is 4.79 Å². The molecule has 0 bridgehead atoms. The fourth-order valence-corrected chi connectivity index (χ4v) is 2.21. The largest absolute Gasteiger partial charge is 0.485 e. The van der Waals surface area contributed by atoms with Gasteiger partial charge in [-0.1, -0.05) is 18.1 Å². The second kappa shape index (κ2) is 7.94. The molecule has 130 valence electrons. The van der Waals surface area contributed by atoms with Crippen molar-refractivity contribution < 1.29 is 14.1 Å². The van der Waals surface area contributed by atoms with Crippen molar-refractivity contribution in [1.29, 1.82) is 5.26 Å². The number of nitrogens with one attached hydrogen (secondary N) is 1. The highest BCUT2D eigenvalue weighted by molar-refractivity contribution is 6.04. The van der Waals surface area contributed by atoms with E-state index in [2.05, 4.69) is 15.5 Å². The third kappa shape index (κ3) is 4.24. The van der Waals surface area contributed by atoms with Gasteiger partial charge in [-0.15, -0.1) is 0 Å². The first-order chi connectivity index (χ1) is 12.7. The number of hydrogen-bond donors (Lipinski definition) is 1. The van der Waals surface area contributed by atoms with Crippen molar-refractivity contribution in [2.75, 3.05) is 5.32 Å². The maximum absolute atomic E-state index is 12.3. The molecule has 1 amide bonds. The number of carbonyl (C=O) groups is 1. The average molecular weight is 348 g/mol. The van der Waals surface area contributed by atoms with Crippen LogP contribution in [0.4, 0.5) is 5.69 Å². The topological polar surface area (TPSA) is 101 Å². The number of ether oxygens (including phenoxy) is 1. The minimum absolute atomic E-state index is 0.190. The number of carbonyl (C=O) groups excluding carboxylic acids is 1. The molecule has 2 aromatic carbocycles. The van der Waals surface area contributed by atoms with Crippen molar-refractivity contribution >= 4 is 11.6 Å². The van der Waals surface area contributed by atoms with Crippen LogP contribution < -0.4 is 10.1 Å². The van der Waals surface area contributed by atoms with Crippen molar-refractivity contribution in [3.8, 4) is 11.8 Å². The van der Waals surface area contributed by atoms with E-state index in [0.29, 0.717) is 40.7 Å². The zero-order chi connectivity index (χ0) is 18.4. The van der Waals surface area contributed by atoms with E-state index in [0.717, 1.165) is 0 Å². The monoisotopic (exact) mass is 348 g/mol. The summed E-state index contributed by atoms with van der Waals surface area (Å²) in [5.74, 6) is 1.37. The van der Waals surface area contributed by atoms with E-state index in [1.165, 1.54) is 0 Å². The van der Waals surface area contributed by atoms with Gasteiger partial charge in [-0.05, 0) is 42.5 Å². The summed E-state index contributed by atoms with van der Waals surface area (Å²) in [6, 6.07) is 15.5. The molecule has 1 N–H and O–H groups in total. The first-order valence-electron chi connectivity index (χ1n) is 8.03. The number of rotatable bonds is 6. The second-order valence-electron chi connectivity index (χ2n) is 5.42. The first kappa shape index (κ1) is 17.2. The van der Waals surface area contributed by atoms with Gasteiger partial charge >= 0.3 is 0 Å². The maximum atomic E-state index is 12.3. The number of hydrogen-bond acceptors (Lipinski definition) is 6. The van der Waals surface area contributed by atoms with Gasteiger partial charge in [-0.25, -0.2) is 0 Å². The van der Waals surface area contributed by atoms with E-state index in [1.807, 2.05) is 13.0 Å². The lowest BCUT2D eigenvalue weighted by Gasteiger charge is -2.07. The molecule has 1 aromatic heterocycles. The summed E-state index contributed by atoms with van der Waals surface area (Å²) in [6.07, 6.45) is 0.675. The van der Waals surface area contributed by atoms with Gasteiger partial charge in [0.05, 0.1) is 11.6 Å². The van der Waals surface area contributed by atoms with Crippen molar-refractivity contribution in [2.24, 2.45) is 0 Å². The predicted octanol–water partition coefficient (Wildman–Crippen LogP) is 3.33. The van der Waals surface area contributed by atoms with Gasteiger partial charge in [-0.3, -0.25) is 4.79 Å². The molecule has 0 radical (unpaired) electrons. The summed E-state index contributed by atoms with van der Waals surface area (Å²) in [5.41, 5.74) is 1.53. The quantitative estimate of drug-likeness (QED) is 0.733. The molecule has 0 unspecified atom stereocenters. The predicted molar refractivity (Wildman–Crippen MR) is 93.6 cm³/mol. The molecule has 3 rings (SSSR count). The van der Waals surface area contributed by atoms with Crippen LogP contribution in [0, 0.1) is 11.3 Å². The van der Waals surface area contributed by atoms with E-state index in [1.54, 1.807) is 48.5 Å². The molecule has 0 aliphatic heterocycles. The van der Waals surface area contributed by atoms with E-state index < -0.39 is 0 Å². The first-order valence-corrected chi connectivity index (χ1v) is 8.03. The van der Waals surface area contributed by atoms with Crippen LogP contribution in [0.5, 0.6) is 5.75 Å². The van der Waals surface area contributed by atoms with Gasteiger partial charge in [0, 0.05) is 17.7 Å². The molecule has 0 aliphatic rings. The van der Waals surface area contributed by atoms with Crippen LogP contribution in [0.25, 0.3) is 0 Å². The minimum atomic E-state index is -0.266. The molecule has 26 heavy (non-hydrogen) atoms. The number of aromatic nitrogens is 2. The Labute approximate surface area is 150 Å². The Morgan fingerprint density at radius 2 is 2.08 bits per heavy atom. The molecule has 7 nitrogen and oxygen atoms in total. The fourth-order valence-electron chi connectivity index (χ4n) is 2.21. The van der Waals surface area contributed by atoms with Gasteiger partial charge < -0.3 is 14.6 Å². The molecule has 0 atom stereocenters. The molecule has 1 heterocycles. The van der Waals surface area contributed by atoms with E-state index >= 15 is 0 Å². The summed E-state index contributed by atoms with van der Waals surface area (Å²) in [4.78, 5) is 16.4. The van der Waals surface area contributed by atoms with Crippen molar-refractivity contribution in [3.05, 3.63) is 71.4 Å². The summed E-state index contributed by atoms with van der Waals surface area (Å²) < 4.78 is 10.6. The van der Waals surface area contributed by atoms with Gasteiger partial charge in [0.1, 0.15) is 5.75 Å². The summed E-state index contributed by atoms with van der Waals surface area (Å²) in [6.45, 7) is 2.12. The Balaban J connectivity index is 1.59. The number of amides is 1. The molecule has 0 spiro atoms. The molecule has 3 aromatic rings. The van der Waals surface area contributed by atoms with Crippen molar-refractivity contribution in [2.45, 2.75) is 20.0 Å².